The maximum absolute atomic E-state index is 14.1. The van der Waals surface area contributed by atoms with Gasteiger partial charge in [0.05, 0.1) is 6.20 Å². The first-order chi connectivity index (χ1) is 14.9. The van der Waals surface area contributed by atoms with E-state index in [-0.39, 0.29) is 11.7 Å². The number of hydrogen-bond acceptors (Lipinski definition) is 4. The number of aryl methyl sites for hydroxylation is 1. The normalized spacial score (nSPS) is 12.2. The molecule has 0 aliphatic rings. The molecule has 1 atom stereocenters. The van der Waals surface area contributed by atoms with Crippen molar-refractivity contribution in [3.63, 3.8) is 0 Å². The number of nitrogens with one attached hydrogen (secondary N) is 1. The van der Waals surface area contributed by atoms with Crippen LogP contribution < -0.4 is 5.32 Å². The van der Waals surface area contributed by atoms with Gasteiger partial charge in [-0.05, 0) is 39.0 Å². The molecule has 0 amide bonds. The predicted octanol–water partition coefficient (Wildman–Crippen LogP) is 5.08. The second-order valence-corrected chi connectivity index (χ2v) is 7.58. The third kappa shape index (κ3) is 4.51. The van der Waals surface area contributed by atoms with Gasteiger partial charge >= 0.3 is 0 Å². The fourth-order valence-electron chi connectivity index (χ4n) is 3.50. The largest absolute Gasteiger partial charge is 0.306 e. The van der Waals surface area contributed by atoms with Gasteiger partial charge in [-0.2, -0.15) is 5.10 Å². The van der Waals surface area contributed by atoms with Crippen molar-refractivity contribution in [2.45, 2.75) is 33.4 Å². The minimum atomic E-state index is -0.649. The van der Waals surface area contributed by atoms with Crippen LogP contribution in [0.15, 0.2) is 61.1 Å². The number of nitrogens with zero attached hydrogens (tertiary/aromatic N) is 4. The molecule has 31 heavy (non-hydrogen) atoms. The third-order valence-corrected chi connectivity index (χ3v) is 5.25. The van der Waals surface area contributed by atoms with E-state index in [1.165, 1.54) is 16.8 Å². The molecule has 7 heteroatoms. The average Bonchev–Trinajstić information content (AvgIpc) is 3.13. The van der Waals surface area contributed by atoms with Crippen molar-refractivity contribution < 1.29 is 8.78 Å². The Balaban J connectivity index is 1.44. The molecular weight excluding hydrogens is 396 g/mol. The third-order valence-electron chi connectivity index (χ3n) is 5.25. The molecule has 5 nitrogen and oxygen atoms in total. The number of benzene rings is 2. The van der Waals surface area contributed by atoms with E-state index in [2.05, 4.69) is 26.4 Å². The van der Waals surface area contributed by atoms with E-state index in [0.717, 1.165) is 34.0 Å². The Morgan fingerprint density at radius 3 is 2.48 bits per heavy atom. The van der Waals surface area contributed by atoms with Crippen LogP contribution in [0, 0.1) is 25.5 Å². The molecule has 1 N–H and O–H groups in total. The van der Waals surface area contributed by atoms with Crippen LogP contribution in [0.3, 0.4) is 0 Å². The van der Waals surface area contributed by atoms with Crippen LogP contribution in [0.5, 0.6) is 0 Å². The Bertz CT molecular complexity index is 1200. The van der Waals surface area contributed by atoms with E-state index in [9.17, 15) is 8.78 Å². The van der Waals surface area contributed by atoms with Gasteiger partial charge in [0.1, 0.15) is 11.5 Å². The fraction of sp³-hybridized carbons (Fsp3) is 0.208. The van der Waals surface area contributed by atoms with Crippen molar-refractivity contribution in [2.75, 3.05) is 0 Å². The molecule has 0 fully saturated rings. The lowest BCUT2D eigenvalue weighted by molar-refractivity contribution is 0.565. The van der Waals surface area contributed by atoms with Gasteiger partial charge in [0.15, 0.2) is 11.6 Å². The lowest BCUT2D eigenvalue weighted by Gasteiger charge is -2.14. The lowest BCUT2D eigenvalue weighted by Crippen LogP contribution is -2.19. The van der Waals surface area contributed by atoms with Gasteiger partial charge in [-0.15, -0.1) is 0 Å². The van der Waals surface area contributed by atoms with Crippen LogP contribution in [-0.2, 0) is 6.54 Å². The summed E-state index contributed by atoms with van der Waals surface area (Å²) in [5.74, 6) is -0.569. The molecule has 2 heterocycles. The Hall–Kier alpha value is -3.45. The highest BCUT2D eigenvalue weighted by Gasteiger charge is 2.16. The fourth-order valence-corrected chi connectivity index (χ4v) is 3.50. The molecule has 2 aromatic carbocycles. The van der Waals surface area contributed by atoms with E-state index < -0.39 is 11.6 Å². The van der Waals surface area contributed by atoms with Crippen LogP contribution in [0.2, 0.25) is 0 Å². The number of halogens is 2. The molecule has 0 unspecified atom stereocenters. The Kier molecular flexibility index (Phi) is 5.86. The van der Waals surface area contributed by atoms with Gasteiger partial charge in [0, 0.05) is 53.4 Å². The summed E-state index contributed by atoms with van der Waals surface area (Å²) in [6.07, 6.45) is 5.33. The highest BCUT2D eigenvalue weighted by Crippen LogP contribution is 2.23. The van der Waals surface area contributed by atoms with Gasteiger partial charge < -0.3 is 5.32 Å². The maximum atomic E-state index is 14.1. The zero-order valence-corrected chi connectivity index (χ0v) is 17.6. The monoisotopic (exact) mass is 419 g/mol. The molecule has 0 aliphatic carbocycles. The van der Waals surface area contributed by atoms with Crippen molar-refractivity contribution >= 4 is 0 Å². The molecule has 0 spiro atoms. The topological polar surface area (TPSA) is 55.6 Å². The van der Waals surface area contributed by atoms with E-state index >= 15 is 0 Å². The summed E-state index contributed by atoms with van der Waals surface area (Å²) in [6.45, 7) is 6.49. The van der Waals surface area contributed by atoms with Crippen LogP contribution in [0.4, 0.5) is 8.78 Å². The molecule has 0 saturated heterocycles. The van der Waals surface area contributed by atoms with Gasteiger partial charge in [-0.1, -0.05) is 23.8 Å². The molecule has 0 aliphatic heterocycles. The van der Waals surface area contributed by atoms with Crippen LogP contribution in [0.25, 0.3) is 17.1 Å². The zero-order valence-electron chi connectivity index (χ0n) is 17.6. The summed E-state index contributed by atoms with van der Waals surface area (Å²) in [6, 6.07) is 11.5. The number of rotatable bonds is 6. The SMILES string of the molecule is Cc1cccc(-c2ncc(CN[C@@H](C)c3cnn(-c4ccc(F)cc4F)c3C)cn2)c1. The number of aromatic nitrogens is 4. The average molecular weight is 419 g/mol. The van der Waals surface area contributed by atoms with E-state index in [0.29, 0.717) is 12.4 Å². The smallest absolute Gasteiger partial charge is 0.159 e. The van der Waals surface area contributed by atoms with Crippen LogP contribution in [0.1, 0.15) is 35.3 Å². The maximum Gasteiger partial charge on any atom is 0.159 e. The van der Waals surface area contributed by atoms with Gasteiger partial charge in [-0.25, -0.2) is 23.4 Å². The first-order valence-electron chi connectivity index (χ1n) is 10.0. The molecule has 0 radical (unpaired) electrons. The minimum absolute atomic E-state index is 0.0336. The predicted molar refractivity (Wildman–Crippen MR) is 116 cm³/mol. The number of hydrogen-bond donors (Lipinski definition) is 1. The van der Waals surface area contributed by atoms with Crippen molar-refractivity contribution in [1.82, 2.24) is 25.1 Å². The molecular formula is C24H23F2N5. The van der Waals surface area contributed by atoms with Gasteiger partial charge in [-0.3, -0.25) is 0 Å². The summed E-state index contributed by atoms with van der Waals surface area (Å²) < 4.78 is 28.8. The highest BCUT2D eigenvalue weighted by molar-refractivity contribution is 5.55. The molecule has 4 aromatic rings. The second kappa shape index (κ2) is 8.73. The quantitative estimate of drug-likeness (QED) is 0.474. The van der Waals surface area contributed by atoms with E-state index in [1.807, 2.05) is 51.4 Å². The second-order valence-electron chi connectivity index (χ2n) is 7.58. The first kappa shape index (κ1) is 20.8. The van der Waals surface area contributed by atoms with Gasteiger partial charge in [0.2, 0.25) is 0 Å². The van der Waals surface area contributed by atoms with Crippen molar-refractivity contribution in [2.24, 2.45) is 0 Å². The molecule has 0 bridgehead atoms. The molecule has 0 saturated carbocycles. The van der Waals surface area contributed by atoms with Crippen LogP contribution >= 0.6 is 0 Å². The lowest BCUT2D eigenvalue weighted by atomic mass is 10.1. The Morgan fingerprint density at radius 1 is 1.00 bits per heavy atom. The van der Waals surface area contributed by atoms with Crippen molar-refractivity contribution in [3.05, 3.63) is 95.1 Å². The van der Waals surface area contributed by atoms with Gasteiger partial charge in [0.25, 0.3) is 0 Å². The first-order valence-corrected chi connectivity index (χ1v) is 10.0. The molecule has 158 valence electrons. The minimum Gasteiger partial charge on any atom is -0.306 e. The molecule has 2 aromatic heterocycles. The summed E-state index contributed by atoms with van der Waals surface area (Å²) in [7, 11) is 0. The zero-order chi connectivity index (χ0) is 22.0. The highest BCUT2D eigenvalue weighted by atomic mass is 19.1. The Labute approximate surface area is 179 Å². The summed E-state index contributed by atoms with van der Waals surface area (Å²) in [5, 5.41) is 7.72. The van der Waals surface area contributed by atoms with E-state index in [1.54, 1.807) is 6.20 Å². The summed E-state index contributed by atoms with van der Waals surface area (Å²) in [5.41, 5.74) is 5.05. The Morgan fingerprint density at radius 2 is 1.77 bits per heavy atom. The van der Waals surface area contributed by atoms with Crippen molar-refractivity contribution in [1.29, 1.82) is 0 Å². The van der Waals surface area contributed by atoms with E-state index in [4.69, 9.17) is 0 Å². The summed E-state index contributed by atoms with van der Waals surface area (Å²) >= 11 is 0. The standard InChI is InChI=1S/C24H23F2N5/c1-15-5-4-6-19(9-15)24-28-12-18(13-29-24)11-27-16(2)21-14-30-31(17(21)3)23-8-7-20(25)10-22(23)26/h4-10,12-14,16,27H,11H2,1-3H3/t16-/m0/s1. The van der Waals surface area contributed by atoms with Crippen molar-refractivity contribution in [3.8, 4) is 17.1 Å². The van der Waals surface area contributed by atoms with Crippen LogP contribution in [-0.4, -0.2) is 19.7 Å². The summed E-state index contributed by atoms with van der Waals surface area (Å²) in [4.78, 5) is 8.96. The molecule has 4 rings (SSSR count).